The van der Waals surface area contributed by atoms with E-state index in [2.05, 4.69) is 9.72 Å². The van der Waals surface area contributed by atoms with Crippen molar-refractivity contribution in [3.05, 3.63) is 35.8 Å². The highest BCUT2D eigenvalue weighted by Gasteiger charge is 2.10. The molecule has 0 spiro atoms. The summed E-state index contributed by atoms with van der Waals surface area (Å²) in [5.41, 5.74) is 0.834. The van der Waals surface area contributed by atoms with Gasteiger partial charge in [-0.05, 0) is 12.1 Å². The zero-order chi connectivity index (χ0) is 12.4. The number of carbonyl (C=O) groups is 1. The summed E-state index contributed by atoms with van der Waals surface area (Å²) >= 11 is 0. The fourth-order valence-corrected chi connectivity index (χ4v) is 1.52. The van der Waals surface area contributed by atoms with Gasteiger partial charge in [0.15, 0.2) is 11.6 Å². The van der Waals surface area contributed by atoms with Gasteiger partial charge in [-0.25, -0.2) is 9.18 Å². The number of hydrogen-bond donors (Lipinski definition) is 0. The first-order valence-corrected chi connectivity index (χ1v) is 4.87. The first-order valence-electron chi connectivity index (χ1n) is 4.87. The minimum atomic E-state index is -0.504. The van der Waals surface area contributed by atoms with Crippen LogP contribution in [0.5, 0.6) is 5.75 Å². The Balaban J connectivity index is 2.59. The SMILES string of the molecule is COC(=O)c1cnc2cc(OC)c(F)cc2c1. The summed E-state index contributed by atoms with van der Waals surface area (Å²) in [5.74, 6) is -0.879. The van der Waals surface area contributed by atoms with E-state index in [1.807, 2.05) is 0 Å². The highest BCUT2D eigenvalue weighted by Crippen LogP contribution is 2.23. The third-order valence-electron chi connectivity index (χ3n) is 2.38. The lowest BCUT2D eigenvalue weighted by molar-refractivity contribution is 0.0600. The monoisotopic (exact) mass is 235 g/mol. The van der Waals surface area contributed by atoms with E-state index in [-0.39, 0.29) is 11.3 Å². The second-order valence-corrected chi connectivity index (χ2v) is 3.40. The molecule has 0 radical (unpaired) electrons. The summed E-state index contributed by atoms with van der Waals surface area (Å²) in [4.78, 5) is 15.3. The molecule has 2 rings (SSSR count). The van der Waals surface area contributed by atoms with Crippen LogP contribution in [0.3, 0.4) is 0 Å². The van der Waals surface area contributed by atoms with E-state index >= 15 is 0 Å². The lowest BCUT2D eigenvalue weighted by atomic mass is 10.1. The summed E-state index contributed by atoms with van der Waals surface area (Å²) in [6.07, 6.45) is 1.38. The zero-order valence-corrected chi connectivity index (χ0v) is 9.36. The molecule has 0 aliphatic carbocycles. The van der Waals surface area contributed by atoms with E-state index in [1.165, 1.54) is 38.6 Å². The summed E-state index contributed by atoms with van der Waals surface area (Å²) in [6, 6.07) is 4.27. The van der Waals surface area contributed by atoms with Crippen molar-refractivity contribution in [3.8, 4) is 5.75 Å². The molecule has 0 unspecified atom stereocenters. The molecule has 0 atom stereocenters. The fraction of sp³-hybridized carbons (Fsp3) is 0.167. The molecule has 1 heterocycles. The van der Waals surface area contributed by atoms with E-state index in [4.69, 9.17) is 4.74 Å². The Bertz CT molecular complexity index is 583. The Hall–Kier alpha value is -2.17. The van der Waals surface area contributed by atoms with Gasteiger partial charge in [-0.3, -0.25) is 4.98 Å². The summed E-state index contributed by atoms with van der Waals surface area (Å²) in [7, 11) is 2.66. The lowest BCUT2D eigenvalue weighted by Gasteiger charge is -2.05. The first kappa shape index (κ1) is 11.3. The van der Waals surface area contributed by atoms with E-state index in [9.17, 15) is 9.18 Å². The maximum atomic E-state index is 13.5. The van der Waals surface area contributed by atoms with Gasteiger partial charge in [0.1, 0.15) is 0 Å². The van der Waals surface area contributed by atoms with Crippen LogP contribution in [0.2, 0.25) is 0 Å². The van der Waals surface area contributed by atoms with Crippen molar-refractivity contribution in [2.75, 3.05) is 14.2 Å². The van der Waals surface area contributed by atoms with Crippen molar-refractivity contribution in [1.29, 1.82) is 0 Å². The number of halogens is 1. The predicted octanol–water partition coefficient (Wildman–Crippen LogP) is 2.17. The number of carbonyl (C=O) groups excluding carboxylic acids is 1. The highest BCUT2D eigenvalue weighted by molar-refractivity contribution is 5.93. The first-order chi connectivity index (χ1) is 8.15. The molecule has 2 aromatic rings. The maximum absolute atomic E-state index is 13.5. The summed E-state index contributed by atoms with van der Waals surface area (Å²) in [5, 5.41) is 0.520. The molecule has 0 aliphatic heterocycles. The fourth-order valence-electron chi connectivity index (χ4n) is 1.52. The van der Waals surface area contributed by atoms with E-state index in [0.717, 1.165) is 0 Å². The highest BCUT2D eigenvalue weighted by atomic mass is 19.1. The minimum Gasteiger partial charge on any atom is -0.494 e. The molecule has 1 aromatic carbocycles. The minimum absolute atomic E-state index is 0.121. The van der Waals surface area contributed by atoms with Crippen molar-refractivity contribution in [1.82, 2.24) is 4.98 Å². The van der Waals surface area contributed by atoms with Crippen LogP contribution >= 0.6 is 0 Å². The number of methoxy groups -OCH3 is 2. The van der Waals surface area contributed by atoms with Gasteiger partial charge >= 0.3 is 5.97 Å². The number of rotatable bonds is 2. The Morgan fingerprint density at radius 2 is 2.06 bits per heavy atom. The molecule has 0 bridgehead atoms. The number of pyridine rings is 1. The Morgan fingerprint density at radius 3 is 2.71 bits per heavy atom. The zero-order valence-electron chi connectivity index (χ0n) is 9.36. The summed E-state index contributed by atoms with van der Waals surface area (Å²) < 4.78 is 22.9. The molecule has 17 heavy (non-hydrogen) atoms. The molecule has 1 aromatic heterocycles. The molecule has 88 valence electrons. The van der Waals surface area contributed by atoms with Crippen LogP contribution in [0.25, 0.3) is 10.9 Å². The molecule has 0 fully saturated rings. The molecule has 0 N–H and O–H groups in total. The second-order valence-electron chi connectivity index (χ2n) is 3.40. The van der Waals surface area contributed by atoms with E-state index in [1.54, 1.807) is 0 Å². The second kappa shape index (κ2) is 4.37. The van der Waals surface area contributed by atoms with Gasteiger partial charge in [-0.15, -0.1) is 0 Å². The molecule has 4 nitrogen and oxygen atoms in total. The topological polar surface area (TPSA) is 48.4 Å². The normalized spacial score (nSPS) is 10.3. The number of aromatic nitrogens is 1. The van der Waals surface area contributed by atoms with Crippen molar-refractivity contribution in [3.63, 3.8) is 0 Å². The molecule has 0 saturated heterocycles. The predicted molar refractivity (Wildman–Crippen MR) is 59.6 cm³/mol. The van der Waals surface area contributed by atoms with Crippen LogP contribution in [0, 0.1) is 5.82 Å². The number of esters is 1. The van der Waals surface area contributed by atoms with E-state index in [0.29, 0.717) is 10.9 Å². The lowest BCUT2D eigenvalue weighted by Crippen LogP contribution is -2.01. The largest absolute Gasteiger partial charge is 0.494 e. The molecule has 5 heteroatoms. The van der Waals surface area contributed by atoms with Crippen LogP contribution in [0.15, 0.2) is 24.4 Å². The quantitative estimate of drug-likeness (QED) is 0.748. The average Bonchev–Trinajstić information content (AvgIpc) is 2.36. The van der Waals surface area contributed by atoms with Crippen molar-refractivity contribution >= 4 is 16.9 Å². The number of fused-ring (bicyclic) bond motifs is 1. The van der Waals surface area contributed by atoms with Crippen molar-refractivity contribution < 1.29 is 18.7 Å². The van der Waals surface area contributed by atoms with Gasteiger partial charge in [-0.2, -0.15) is 0 Å². The molecule has 0 amide bonds. The number of benzene rings is 1. The Kier molecular flexibility index (Phi) is 2.91. The van der Waals surface area contributed by atoms with Crippen LogP contribution < -0.4 is 4.74 Å². The van der Waals surface area contributed by atoms with Gasteiger partial charge < -0.3 is 9.47 Å². The van der Waals surface area contributed by atoms with Gasteiger partial charge in [0.25, 0.3) is 0 Å². The third kappa shape index (κ3) is 2.04. The number of nitrogens with zero attached hydrogens (tertiary/aromatic N) is 1. The van der Waals surface area contributed by atoms with Crippen LogP contribution in [0.4, 0.5) is 4.39 Å². The molecule has 0 aliphatic rings. The van der Waals surface area contributed by atoms with Gasteiger partial charge in [0, 0.05) is 17.6 Å². The van der Waals surface area contributed by atoms with Gasteiger partial charge in [0.2, 0.25) is 0 Å². The molecule has 0 saturated carbocycles. The van der Waals surface area contributed by atoms with Crippen LogP contribution in [-0.4, -0.2) is 25.2 Å². The van der Waals surface area contributed by atoms with Gasteiger partial charge in [-0.1, -0.05) is 0 Å². The standard InChI is InChI=1S/C12H10FNO3/c1-16-11-5-10-7(4-9(11)13)3-8(6-14-10)12(15)17-2/h3-6H,1-2H3. The van der Waals surface area contributed by atoms with Crippen LogP contribution in [0.1, 0.15) is 10.4 Å². The maximum Gasteiger partial charge on any atom is 0.339 e. The van der Waals surface area contributed by atoms with Crippen molar-refractivity contribution in [2.24, 2.45) is 0 Å². The van der Waals surface area contributed by atoms with Crippen LogP contribution in [-0.2, 0) is 4.74 Å². The smallest absolute Gasteiger partial charge is 0.339 e. The third-order valence-corrected chi connectivity index (χ3v) is 2.38. The molecular formula is C12H10FNO3. The van der Waals surface area contributed by atoms with E-state index < -0.39 is 11.8 Å². The average molecular weight is 235 g/mol. The van der Waals surface area contributed by atoms with Crippen molar-refractivity contribution in [2.45, 2.75) is 0 Å². The molecular weight excluding hydrogens is 225 g/mol. The number of hydrogen-bond acceptors (Lipinski definition) is 4. The van der Waals surface area contributed by atoms with Gasteiger partial charge in [0.05, 0.1) is 25.3 Å². The number of ether oxygens (including phenoxy) is 2. The summed E-state index contributed by atoms with van der Waals surface area (Å²) in [6.45, 7) is 0. The Labute approximate surface area is 97.0 Å². The Morgan fingerprint density at radius 1 is 1.29 bits per heavy atom.